The SMILES string of the molecule is CCN1CCCC1CN=C(N)NCCOCC1CC1.I. The van der Waals surface area contributed by atoms with Gasteiger partial charge >= 0.3 is 0 Å². The second-order valence-electron chi connectivity index (χ2n) is 5.60. The zero-order chi connectivity index (χ0) is 13.5. The van der Waals surface area contributed by atoms with Crippen LogP contribution in [0.25, 0.3) is 0 Å². The van der Waals surface area contributed by atoms with Crippen LogP contribution in [-0.2, 0) is 4.74 Å². The first-order valence-electron chi connectivity index (χ1n) is 7.65. The average Bonchev–Trinajstić information content (AvgIpc) is 3.12. The fourth-order valence-electron chi connectivity index (χ4n) is 2.56. The van der Waals surface area contributed by atoms with Gasteiger partial charge in [0.05, 0.1) is 13.2 Å². The van der Waals surface area contributed by atoms with E-state index in [-0.39, 0.29) is 24.0 Å². The van der Waals surface area contributed by atoms with Gasteiger partial charge in [0.1, 0.15) is 0 Å². The number of nitrogens with two attached hydrogens (primary N) is 1. The molecule has 20 heavy (non-hydrogen) atoms. The van der Waals surface area contributed by atoms with E-state index >= 15 is 0 Å². The van der Waals surface area contributed by atoms with E-state index in [1.54, 1.807) is 0 Å². The minimum absolute atomic E-state index is 0. The zero-order valence-corrected chi connectivity index (χ0v) is 14.8. The van der Waals surface area contributed by atoms with Gasteiger partial charge in [0, 0.05) is 19.2 Å². The maximum atomic E-state index is 5.86. The van der Waals surface area contributed by atoms with Crippen molar-refractivity contribution in [3.63, 3.8) is 0 Å². The number of halogens is 1. The van der Waals surface area contributed by atoms with E-state index in [2.05, 4.69) is 22.1 Å². The molecule has 1 aliphatic carbocycles. The first-order chi connectivity index (χ1) is 9.29. The van der Waals surface area contributed by atoms with Crippen molar-refractivity contribution < 1.29 is 4.74 Å². The molecule has 0 bridgehead atoms. The van der Waals surface area contributed by atoms with E-state index in [4.69, 9.17) is 10.5 Å². The lowest BCUT2D eigenvalue weighted by atomic mass is 10.2. The molecule has 1 saturated carbocycles. The Kier molecular flexibility index (Phi) is 8.79. The smallest absolute Gasteiger partial charge is 0.188 e. The van der Waals surface area contributed by atoms with E-state index in [9.17, 15) is 0 Å². The molecule has 1 saturated heterocycles. The molecular weight excluding hydrogens is 367 g/mol. The Labute approximate surface area is 139 Å². The number of ether oxygens (including phenoxy) is 1. The van der Waals surface area contributed by atoms with Gasteiger partial charge in [0.15, 0.2) is 5.96 Å². The fourth-order valence-corrected chi connectivity index (χ4v) is 2.56. The van der Waals surface area contributed by atoms with Crippen LogP contribution >= 0.6 is 24.0 Å². The standard InChI is InChI=1S/C14H28N4O.HI/c1-2-18-8-3-4-13(18)10-17-14(15)16-7-9-19-11-12-5-6-12;/h12-13H,2-11H2,1H3,(H3,15,16,17);1H. The minimum atomic E-state index is 0. The molecule has 1 atom stereocenters. The Morgan fingerprint density at radius 2 is 2.20 bits per heavy atom. The van der Waals surface area contributed by atoms with Crippen molar-refractivity contribution in [3.05, 3.63) is 0 Å². The number of hydrogen-bond donors (Lipinski definition) is 2. The largest absolute Gasteiger partial charge is 0.379 e. The summed E-state index contributed by atoms with van der Waals surface area (Å²) in [5.41, 5.74) is 5.86. The number of guanidine groups is 1. The molecule has 0 aromatic rings. The number of nitrogens with zero attached hydrogens (tertiary/aromatic N) is 2. The van der Waals surface area contributed by atoms with Crippen LogP contribution in [-0.4, -0.2) is 56.3 Å². The third-order valence-corrected chi connectivity index (χ3v) is 3.98. The molecule has 2 fully saturated rings. The Balaban J connectivity index is 0.00000200. The van der Waals surface area contributed by atoms with E-state index in [1.807, 2.05) is 0 Å². The average molecular weight is 396 g/mol. The highest BCUT2D eigenvalue weighted by molar-refractivity contribution is 14.0. The monoisotopic (exact) mass is 396 g/mol. The molecule has 0 radical (unpaired) electrons. The molecule has 6 heteroatoms. The molecule has 0 aromatic carbocycles. The predicted octanol–water partition coefficient (Wildman–Crippen LogP) is 1.42. The van der Waals surface area contributed by atoms with Crippen LogP contribution in [0.1, 0.15) is 32.6 Å². The summed E-state index contributed by atoms with van der Waals surface area (Å²) in [6, 6.07) is 0.580. The quantitative estimate of drug-likeness (QED) is 0.282. The Morgan fingerprint density at radius 3 is 2.90 bits per heavy atom. The predicted molar refractivity (Wildman–Crippen MR) is 93.7 cm³/mol. The van der Waals surface area contributed by atoms with Crippen LogP contribution in [0.4, 0.5) is 0 Å². The molecule has 2 rings (SSSR count). The topological polar surface area (TPSA) is 62.9 Å². The van der Waals surface area contributed by atoms with Crippen LogP contribution in [0, 0.1) is 5.92 Å². The van der Waals surface area contributed by atoms with Gasteiger partial charge in [-0.2, -0.15) is 0 Å². The molecule has 1 unspecified atom stereocenters. The van der Waals surface area contributed by atoms with E-state index < -0.39 is 0 Å². The lowest BCUT2D eigenvalue weighted by Gasteiger charge is -2.20. The maximum absolute atomic E-state index is 5.86. The van der Waals surface area contributed by atoms with Gasteiger partial charge in [-0.1, -0.05) is 6.92 Å². The highest BCUT2D eigenvalue weighted by Gasteiger charge is 2.22. The number of likely N-dealkylation sites (N-methyl/N-ethyl adjacent to an activating group) is 1. The molecule has 1 heterocycles. The Hall–Kier alpha value is -0.0800. The van der Waals surface area contributed by atoms with Crippen LogP contribution < -0.4 is 11.1 Å². The summed E-state index contributed by atoms with van der Waals surface area (Å²) in [5.74, 6) is 1.38. The number of hydrogen-bond acceptors (Lipinski definition) is 3. The van der Waals surface area contributed by atoms with Gasteiger partial charge in [-0.05, 0) is 44.7 Å². The third kappa shape index (κ3) is 6.58. The van der Waals surface area contributed by atoms with Gasteiger partial charge in [0.25, 0.3) is 0 Å². The van der Waals surface area contributed by atoms with E-state index in [1.165, 1.54) is 32.2 Å². The van der Waals surface area contributed by atoms with Gasteiger partial charge < -0.3 is 15.8 Å². The van der Waals surface area contributed by atoms with Crippen molar-refractivity contribution in [2.45, 2.75) is 38.6 Å². The van der Waals surface area contributed by atoms with Crippen LogP contribution in [0.2, 0.25) is 0 Å². The maximum Gasteiger partial charge on any atom is 0.188 e. The second-order valence-corrected chi connectivity index (χ2v) is 5.60. The van der Waals surface area contributed by atoms with Gasteiger partial charge in [0.2, 0.25) is 0 Å². The normalized spacial score (nSPS) is 23.6. The number of rotatable bonds is 8. The summed E-state index contributed by atoms with van der Waals surface area (Å²) >= 11 is 0. The second kappa shape index (κ2) is 9.78. The van der Waals surface area contributed by atoms with Gasteiger partial charge in [-0.3, -0.25) is 9.89 Å². The highest BCUT2D eigenvalue weighted by Crippen LogP contribution is 2.28. The van der Waals surface area contributed by atoms with Gasteiger partial charge in [-0.25, -0.2) is 0 Å². The van der Waals surface area contributed by atoms with Crippen LogP contribution in [0.5, 0.6) is 0 Å². The van der Waals surface area contributed by atoms with Crippen molar-refractivity contribution in [1.82, 2.24) is 10.2 Å². The summed E-state index contributed by atoms with van der Waals surface area (Å²) in [7, 11) is 0. The summed E-state index contributed by atoms with van der Waals surface area (Å²) in [6.45, 7) is 7.73. The molecule has 0 amide bonds. The lowest BCUT2D eigenvalue weighted by molar-refractivity contribution is 0.129. The van der Waals surface area contributed by atoms with Crippen LogP contribution in [0.15, 0.2) is 4.99 Å². The zero-order valence-electron chi connectivity index (χ0n) is 12.5. The van der Waals surface area contributed by atoms with Crippen LogP contribution in [0.3, 0.4) is 0 Å². The third-order valence-electron chi connectivity index (χ3n) is 3.98. The molecule has 2 aliphatic rings. The first-order valence-corrected chi connectivity index (χ1v) is 7.65. The van der Waals surface area contributed by atoms with Crippen molar-refractivity contribution in [1.29, 1.82) is 0 Å². The fraction of sp³-hybridized carbons (Fsp3) is 0.929. The number of nitrogens with one attached hydrogen (secondary N) is 1. The minimum Gasteiger partial charge on any atom is -0.379 e. The van der Waals surface area contributed by atoms with Crippen molar-refractivity contribution in [3.8, 4) is 0 Å². The Morgan fingerprint density at radius 1 is 1.40 bits per heavy atom. The number of likely N-dealkylation sites (tertiary alicyclic amines) is 1. The van der Waals surface area contributed by atoms with Crippen molar-refractivity contribution in [2.75, 3.05) is 39.4 Å². The molecule has 5 nitrogen and oxygen atoms in total. The summed E-state index contributed by atoms with van der Waals surface area (Å²) < 4.78 is 5.54. The van der Waals surface area contributed by atoms with Gasteiger partial charge in [-0.15, -0.1) is 24.0 Å². The Bertz CT molecular complexity index is 297. The van der Waals surface area contributed by atoms with E-state index in [0.29, 0.717) is 12.0 Å². The molecule has 3 N–H and O–H groups in total. The molecule has 1 aliphatic heterocycles. The van der Waals surface area contributed by atoms with Crippen molar-refractivity contribution in [2.24, 2.45) is 16.6 Å². The molecule has 0 aromatic heterocycles. The molecule has 0 spiro atoms. The highest BCUT2D eigenvalue weighted by atomic mass is 127. The van der Waals surface area contributed by atoms with Crippen molar-refractivity contribution >= 4 is 29.9 Å². The number of aliphatic imine (C=N–C) groups is 1. The first kappa shape index (κ1) is 18.0. The summed E-state index contributed by atoms with van der Waals surface area (Å²) in [4.78, 5) is 6.92. The summed E-state index contributed by atoms with van der Waals surface area (Å²) in [5, 5.41) is 3.12. The molecule has 118 valence electrons. The van der Waals surface area contributed by atoms with E-state index in [0.717, 1.165) is 38.8 Å². The summed E-state index contributed by atoms with van der Waals surface area (Å²) in [6.07, 6.45) is 5.21. The molecular formula is C14H29IN4O. The lowest BCUT2D eigenvalue weighted by Crippen LogP contribution is -2.37.